The van der Waals surface area contributed by atoms with Crippen molar-refractivity contribution in [3.63, 3.8) is 0 Å². The summed E-state index contributed by atoms with van der Waals surface area (Å²) < 4.78 is 7.61. The minimum absolute atomic E-state index is 0.329. The van der Waals surface area contributed by atoms with E-state index in [1.165, 1.54) is 19.3 Å². The fourth-order valence-electron chi connectivity index (χ4n) is 5.57. The van der Waals surface area contributed by atoms with E-state index in [4.69, 9.17) is 4.42 Å². The molecule has 0 N–H and O–H groups in total. The van der Waals surface area contributed by atoms with Gasteiger partial charge in [0.1, 0.15) is 5.69 Å². The van der Waals surface area contributed by atoms with Crippen LogP contribution in [0.3, 0.4) is 0 Å². The molecule has 0 amide bonds. The number of aryl methyl sites for hydroxylation is 1. The van der Waals surface area contributed by atoms with Gasteiger partial charge in [-0.15, -0.1) is 0 Å². The van der Waals surface area contributed by atoms with Crippen molar-refractivity contribution in [1.82, 2.24) is 19.3 Å². The topological polar surface area (TPSA) is 66.9 Å². The molecule has 3 aromatic heterocycles. The predicted molar refractivity (Wildman–Crippen MR) is 130 cm³/mol. The molecule has 1 aliphatic heterocycles. The molecule has 0 spiro atoms. The van der Waals surface area contributed by atoms with Crippen molar-refractivity contribution in [2.75, 3.05) is 18.0 Å². The van der Waals surface area contributed by atoms with Gasteiger partial charge in [0.2, 0.25) is 0 Å². The number of fused-ring (bicyclic) bond motifs is 2. The highest BCUT2D eigenvalue weighted by Gasteiger charge is 2.36. The number of imidazole rings is 1. The van der Waals surface area contributed by atoms with E-state index < -0.39 is 0 Å². The molecule has 170 valence electrons. The molecule has 33 heavy (non-hydrogen) atoms. The maximum atomic E-state index is 13.0. The lowest BCUT2D eigenvalue weighted by Crippen LogP contribution is -2.61. The van der Waals surface area contributed by atoms with Crippen LogP contribution in [0.2, 0.25) is 0 Å². The third kappa shape index (κ3) is 3.51. The van der Waals surface area contributed by atoms with E-state index in [1.54, 1.807) is 6.20 Å². The zero-order chi connectivity index (χ0) is 22.7. The number of hydrogen-bond donors (Lipinski definition) is 0. The average Bonchev–Trinajstić information content (AvgIpc) is 3.17. The van der Waals surface area contributed by atoms with E-state index in [1.807, 2.05) is 41.9 Å². The van der Waals surface area contributed by atoms with Crippen LogP contribution in [0.4, 0.5) is 5.69 Å². The van der Waals surface area contributed by atoms with Gasteiger partial charge in [0.15, 0.2) is 11.4 Å². The first-order valence-corrected chi connectivity index (χ1v) is 11.9. The SMILES string of the molecule is Cc1cn2cc(-c3cc4ccc(N5CC(C)N(C6CCC6)C(C)C5)cc4c(=O)o3)nc2cn1. The Morgan fingerprint density at radius 3 is 2.58 bits per heavy atom. The second-order valence-electron chi connectivity index (χ2n) is 9.72. The Kier molecular flexibility index (Phi) is 4.76. The van der Waals surface area contributed by atoms with Crippen molar-refractivity contribution in [2.45, 2.75) is 58.2 Å². The predicted octanol–water partition coefficient (Wildman–Crippen LogP) is 4.26. The van der Waals surface area contributed by atoms with E-state index in [2.05, 4.69) is 39.7 Å². The average molecular weight is 444 g/mol. The van der Waals surface area contributed by atoms with E-state index in [0.29, 0.717) is 28.9 Å². The zero-order valence-corrected chi connectivity index (χ0v) is 19.4. The summed E-state index contributed by atoms with van der Waals surface area (Å²) >= 11 is 0. The Labute approximate surface area is 192 Å². The molecule has 7 heteroatoms. The first-order chi connectivity index (χ1) is 16.0. The molecule has 1 saturated carbocycles. The molecular weight excluding hydrogens is 414 g/mol. The lowest BCUT2D eigenvalue weighted by atomic mass is 9.88. The maximum Gasteiger partial charge on any atom is 0.344 e. The summed E-state index contributed by atoms with van der Waals surface area (Å²) in [5.74, 6) is 0.470. The molecule has 7 nitrogen and oxygen atoms in total. The Morgan fingerprint density at radius 2 is 1.85 bits per heavy atom. The summed E-state index contributed by atoms with van der Waals surface area (Å²) in [5, 5.41) is 1.48. The lowest BCUT2D eigenvalue weighted by Gasteiger charge is -2.51. The van der Waals surface area contributed by atoms with Crippen molar-refractivity contribution in [3.05, 3.63) is 59.0 Å². The number of piperazine rings is 1. The molecule has 0 bridgehead atoms. The number of nitrogens with zero attached hydrogens (tertiary/aromatic N) is 5. The number of rotatable bonds is 3. The molecule has 2 aliphatic rings. The molecule has 1 saturated heterocycles. The Balaban J connectivity index is 1.31. The highest BCUT2D eigenvalue weighted by Crippen LogP contribution is 2.33. The molecule has 1 aliphatic carbocycles. The monoisotopic (exact) mass is 443 g/mol. The highest BCUT2D eigenvalue weighted by atomic mass is 16.4. The van der Waals surface area contributed by atoms with Crippen LogP contribution in [-0.2, 0) is 0 Å². The Morgan fingerprint density at radius 1 is 1.06 bits per heavy atom. The van der Waals surface area contributed by atoms with Gasteiger partial charge in [0.05, 0.1) is 17.3 Å². The quantitative estimate of drug-likeness (QED) is 0.471. The number of aromatic nitrogens is 3. The van der Waals surface area contributed by atoms with E-state index >= 15 is 0 Å². The van der Waals surface area contributed by atoms with Gasteiger partial charge in [-0.3, -0.25) is 9.88 Å². The van der Waals surface area contributed by atoms with E-state index in [9.17, 15) is 4.79 Å². The van der Waals surface area contributed by atoms with Crippen molar-refractivity contribution < 1.29 is 4.42 Å². The smallest absolute Gasteiger partial charge is 0.344 e. The summed E-state index contributed by atoms with van der Waals surface area (Å²) in [6, 6.07) is 9.80. The minimum atomic E-state index is -0.329. The summed E-state index contributed by atoms with van der Waals surface area (Å²) in [6.07, 6.45) is 9.51. The first-order valence-electron chi connectivity index (χ1n) is 11.9. The molecule has 6 rings (SSSR count). The van der Waals surface area contributed by atoms with Crippen molar-refractivity contribution in [1.29, 1.82) is 0 Å². The van der Waals surface area contributed by atoms with Crippen LogP contribution in [-0.4, -0.2) is 50.5 Å². The van der Waals surface area contributed by atoms with Crippen LogP contribution in [0.1, 0.15) is 38.8 Å². The van der Waals surface area contributed by atoms with Crippen LogP contribution >= 0.6 is 0 Å². The number of hydrogen-bond acceptors (Lipinski definition) is 6. The van der Waals surface area contributed by atoms with Gasteiger partial charge in [-0.25, -0.2) is 9.78 Å². The van der Waals surface area contributed by atoms with Gasteiger partial charge in [0, 0.05) is 49.3 Å². The lowest BCUT2D eigenvalue weighted by molar-refractivity contribution is 0.0374. The highest BCUT2D eigenvalue weighted by molar-refractivity contribution is 5.87. The standard InChI is InChI=1S/C26H29N5O2/c1-16-12-30-15-23(28-25(30)11-27-16)24-9-19-7-8-21(10-22(19)26(32)33-24)29-13-17(2)31(18(3)14-29)20-5-4-6-20/h7-12,15,17-18,20H,4-6,13-14H2,1-3H3. The second-order valence-corrected chi connectivity index (χ2v) is 9.72. The van der Waals surface area contributed by atoms with Crippen molar-refractivity contribution in [2.24, 2.45) is 0 Å². The van der Waals surface area contributed by atoms with Crippen molar-refractivity contribution in [3.8, 4) is 11.5 Å². The van der Waals surface area contributed by atoms with Crippen molar-refractivity contribution >= 4 is 22.1 Å². The van der Waals surface area contributed by atoms with Gasteiger partial charge in [0.25, 0.3) is 0 Å². The van der Waals surface area contributed by atoms with Crippen LogP contribution < -0.4 is 10.5 Å². The van der Waals surface area contributed by atoms with Gasteiger partial charge in [-0.05, 0) is 57.2 Å². The minimum Gasteiger partial charge on any atom is -0.421 e. The molecule has 1 aromatic carbocycles. The summed E-state index contributed by atoms with van der Waals surface area (Å²) in [7, 11) is 0. The fourth-order valence-corrected chi connectivity index (χ4v) is 5.57. The summed E-state index contributed by atoms with van der Waals surface area (Å²) in [4.78, 5) is 26.9. The molecule has 4 aromatic rings. The molecular formula is C26H29N5O2. The van der Waals surface area contributed by atoms with E-state index in [-0.39, 0.29) is 5.63 Å². The summed E-state index contributed by atoms with van der Waals surface area (Å²) in [6.45, 7) is 8.54. The number of benzene rings is 1. The first kappa shape index (κ1) is 20.4. The molecule has 2 fully saturated rings. The van der Waals surface area contributed by atoms with E-state index in [0.717, 1.165) is 41.5 Å². The van der Waals surface area contributed by atoms with Gasteiger partial charge >= 0.3 is 5.63 Å². The normalized spacial score (nSPS) is 22.2. The third-order valence-electron chi connectivity index (χ3n) is 7.32. The molecule has 2 unspecified atom stereocenters. The van der Waals surface area contributed by atoms with Gasteiger partial charge in [-0.2, -0.15) is 0 Å². The summed E-state index contributed by atoms with van der Waals surface area (Å²) in [5.41, 5.74) is 3.00. The largest absolute Gasteiger partial charge is 0.421 e. The Bertz CT molecular complexity index is 1390. The molecule has 4 heterocycles. The van der Waals surface area contributed by atoms with Crippen LogP contribution in [0, 0.1) is 6.92 Å². The fraction of sp³-hybridized carbons (Fsp3) is 0.423. The van der Waals surface area contributed by atoms with Gasteiger partial charge < -0.3 is 13.7 Å². The van der Waals surface area contributed by atoms with Crippen LogP contribution in [0.15, 0.2) is 52.1 Å². The molecule has 2 atom stereocenters. The van der Waals surface area contributed by atoms with Crippen LogP contribution in [0.25, 0.3) is 27.9 Å². The van der Waals surface area contributed by atoms with Gasteiger partial charge in [-0.1, -0.05) is 12.5 Å². The Hall–Kier alpha value is -3.19. The molecule has 0 radical (unpaired) electrons. The second kappa shape index (κ2) is 7.70. The zero-order valence-electron chi connectivity index (χ0n) is 19.4. The third-order valence-corrected chi connectivity index (χ3v) is 7.32. The maximum absolute atomic E-state index is 13.0. The number of anilines is 1. The van der Waals surface area contributed by atoms with Crippen LogP contribution in [0.5, 0.6) is 0 Å².